The maximum atomic E-state index is 5.87. The van der Waals surface area contributed by atoms with Crippen LogP contribution in [-0.2, 0) is 6.61 Å². The largest absolute Gasteiger partial charge is 0.490 e. The predicted molar refractivity (Wildman–Crippen MR) is 101 cm³/mol. The number of amidine groups is 1. The standard InChI is InChI=1S/C18H21N3O2S/c1-3-22-17-11-15(12-20-21-18(19)24-2)9-10-16(17)23-13-14-7-5-4-6-8-14/h4-12H,3,13H2,1-2H3,(H2,19,21)/b20-12+. The van der Waals surface area contributed by atoms with Crippen LogP contribution in [0.2, 0.25) is 0 Å². The monoisotopic (exact) mass is 343 g/mol. The summed E-state index contributed by atoms with van der Waals surface area (Å²) in [5, 5.41) is 8.24. The first-order valence-electron chi connectivity index (χ1n) is 7.57. The highest BCUT2D eigenvalue weighted by Gasteiger charge is 2.06. The first-order valence-corrected chi connectivity index (χ1v) is 8.79. The topological polar surface area (TPSA) is 69.2 Å². The second kappa shape index (κ2) is 9.62. The van der Waals surface area contributed by atoms with E-state index in [1.165, 1.54) is 11.8 Å². The lowest BCUT2D eigenvalue weighted by Crippen LogP contribution is -2.04. The van der Waals surface area contributed by atoms with E-state index in [0.717, 1.165) is 11.1 Å². The van der Waals surface area contributed by atoms with Crippen LogP contribution in [-0.4, -0.2) is 24.2 Å². The van der Waals surface area contributed by atoms with Crippen LogP contribution in [0.1, 0.15) is 18.1 Å². The molecule has 0 saturated carbocycles. The quantitative estimate of drug-likeness (QED) is 0.473. The van der Waals surface area contributed by atoms with Gasteiger partial charge in [0.15, 0.2) is 16.7 Å². The number of nitrogens with zero attached hydrogens (tertiary/aromatic N) is 2. The minimum atomic E-state index is 0.416. The third-order valence-electron chi connectivity index (χ3n) is 3.08. The molecule has 0 unspecified atom stereocenters. The molecule has 0 radical (unpaired) electrons. The third-order valence-corrected chi connectivity index (χ3v) is 3.58. The summed E-state index contributed by atoms with van der Waals surface area (Å²) in [5.41, 5.74) is 7.56. The Hall–Kier alpha value is -2.47. The summed E-state index contributed by atoms with van der Waals surface area (Å²) in [5.74, 6) is 1.38. The average molecular weight is 343 g/mol. The van der Waals surface area contributed by atoms with Gasteiger partial charge in [0.25, 0.3) is 0 Å². The van der Waals surface area contributed by atoms with Crippen LogP contribution in [0, 0.1) is 0 Å². The molecule has 24 heavy (non-hydrogen) atoms. The fourth-order valence-electron chi connectivity index (χ4n) is 1.92. The van der Waals surface area contributed by atoms with Gasteiger partial charge in [-0.15, -0.1) is 5.10 Å². The molecule has 0 spiro atoms. The summed E-state index contributed by atoms with van der Waals surface area (Å²) in [6, 6.07) is 15.7. The molecule has 0 atom stereocenters. The van der Waals surface area contributed by atoms with Gasteiger partial charge in [0, 0.05) is 0 Å². The lowest BCUT2D eigenvalue weighted by Gasteiger charge is -2.12. The van der Waals surface area contributed by atoms with Gasteiger partial charge in [0.1, 0.15) is 6.61 Å². The van der Waals surface area contributed by atoms with Crippen LogP contribution in [0.4, 0.5) is 0 Å². The smallest absolute Gasteiger partial charge is 0.180 e. The number of hydrogen-bond acceptors (Lipinski definition) is 5. The van der Waals surface area contributed by atoms with E-state index >= 15 is 0 Å². The van der Waals surface area contributed by atoms with Crippen LogP contribution >= 0.6 is 11.8 Å². The molecule has 5 nitrogen and oxygen atoms in total. The van der Waals surface area contributed by atoms with Gasteiger partial charge in [0.05, 0.1) is 12.8 Å². The molecule has 2 aromatic rings. The van der Waals surface area contributed by atoms with Crippen molar-refractivity contribution < 1.29 is 9.47 Å². The minimum absolute atomic E-state index is 0.416. The highest BCUT2D eigenvalue weighted by molar-refractivity contribution is 8.13. The molecule has 2 N–H and O–H groups in total. The summed E-state index contributed by atoms with van der Waals surface area (Å²) in [6.07, 6.45) is 3.48. The molecule has 2 rings (SSSR count). The van der Waals surface area contributed by atoms with Gasteiger partial charge in [-0.05, 0) is 42.5 Å². The van der Waals surface area contributed by atoms with Crippen LogP contribution in [0.3, 0.4) is 0 Å². The Balaban J connectivity index is 2.11. The predicted octanol–water partition coefficient (Wildman–Crippen LogP) is 3.68. The van der Waals surface area contributed by atoms with Crippen LogP contribution in [0.5, 0.6) is 11.5 Å². The Morgan fingerprint density at radius 2 is 1.92 bits per heavy atom. The van der Waals surface area contributed by atoms with Crippen LogP contribution in [0.25, 0.3) is 0 Å². The number of rotatable bonds is 7. The molecule has 0 heterocycles. The van der Waals surface area contributed by atoms with Gasteiger partial charge < -0.3 is 15.2 Å². The van der Waals surface area contributed by atoms with E-state index < -0.39 is 0 Å². The highest BCUT2D eigenvalue weighted by atomic mass is 32.2. The maximum absolute atomic E-state index is 5.87. The van der Waals surface area contributed by atoms with E-state index in [-0.39, 0.29) is 0 Å². The van der Waals surface area contributed by atoms with Crippen molar-refractivity contribution in [1.82, 2.24) is 0 Å². The summed E-state index contributed by atoms with van der Waals surface area (Å²) < 4.78 is 11.5. The average Bonchev–Trinajstić information content (AvgIpc) is 2.62. The molecule has 0 aliphatic rings. The molecule has 0 bridgehead atoms. The Morgan fingerprint density at radius 3 is 2.62 bits per heavy atom. The van der Waals surface area contributed by atoms with E-state index in [1.54, 1.807) is 6.21 Å². The zero-order valence-electron chi connectivity index (χ0n) is 13.8. The Bertz CT molecular complexity index is 703. The fraction of sp³-hybridized carbons (Fsp3) is 0.222. The molecule has 0 aliphatic carbocycles. The van der Waals surface area contributed by atoms with E-state index in [2.05, 4.69) is 10.2 Å². The first kappa shape index (κ1) is 17.9. The number of benzene rings is 2. The van der Waals surface area contributed by atoms with E-state index in [1.807, 2.05) is 61.7 Å². The Kier molecular flexibility index (Phi) is 7.17. The highest BCUT2D eigenvalue weighted by Crippen LogP contribution is 2.28. The van der Waals surface area contributed by atoms with Gasteiger partial charge in [-0.3, -0.25) is 0 Å². The first-order chi connectivity index (χ1) is 11.7. The molecular formula is C18H21N3O2S. The lowest BCUT2D eigenvalue weighted by atomic mass is 10.2. The summed E-state index contributed by atoms with van der Waals surface area (Å²) in [4.78, 5) is 0. The van der Waals surface area contributed by atoms with Gasteiger partial charge >= 0.3 is 0 Å². The normalized spacial score (nSPS) is 11.7. The maximum Gasteiger partial charge on any atom is 0.180 e. The second-order valence-electron chi connectivity index (χ2n) is 4.80. The second-order valence-corrected chi connectivity index (χ2v) is 5.63. The van der Waals surface area contributed by atoms with Crippen molar-refractivity contribution in [2.45, 2.75) is 13.5 Å². The van der Waals surface area contributed by atoms with Gasteiger partial charge in [-0.1, -0.05) is 42.1 Å². The van der Waals surface area contributed by atoms with Crippen molar-refractivity contribution in [3.63, 3.8) is 0 Å². The third kappa shape index (κ3) is 5.62. The van der Waals surface area contributed by atoms with Crippen molar-refractivity contribution in [3.05, 3.63) is 59.7 Å². The molecular weight excluding hydrogens is 322 g/mol. The zero-order chi connectivity index (χ0) is 17.2. The lowest BCUT2D eigenvalue weighted by molar-refractivity contribution is 0.269. The van der Waals surface area contributed by atoms with Gasteiger partial charge in [0.2, 0.25) is 0 Å². The summed E-state index contributed by atoms with van der Waals surface area (Å²) in [6.45, 7) is 2.98. The fourth-order valence-corrected chi connectivity index (χ4v) is 2.05. The molecule has 0 aromatic heterocycles. The van der Waals surface area contributed by atoms with E-state index in [0.29, 0.717) is 29.9 Å². The molecule has 6 heteroatoms. The molecule has 126 valence electrons. The zero-order valence-corrected chi connectivity index (χ0v) is 14.6. The Labute approximate surface area is 146 Å². The molecule has 0 fully saturated rings. The van der Waals surface area contributed by atoms with Crippen molar-refractivity contribution in [3.8, 4) is 11.5 Å². The number of thioether (sulfide) groups is 1. The van der Waals surface area contributed by atoms with Gasteiger partial charge in [-0.2, -0.15) is 5.10 Å². The van der Waals surface area contributed by atoms with Crippen molar-refractivity contribution in [2.24, 2.45) is 15.9 Å². The van der Waals surface area contributed by atoms with Crippen molar-refractivity contribution >= 4 is 23.1 Å². The Morgan fingerprint density at radius 1 is 1.12 bits per heavy atom. The van der Waals surface area contributed by atoms with E-state index in [9.17, 15) is 0 Å². The molecule has 0 amide bonds. The number of nitrogens with two attached hydrogens (primary N) is 1. The molecule has 2 aromatic carbocycles. The number of ether oxygens (including phenoxy) is 2. The van der Waals surface area contributed by atoms with Crippen LogP contribution < -0.4 is 15.2 Å². The van der Waals surface area contributed by atoms with Gasteiger partial charge in [-0.25, -0.2) is 0 Å². The minimum Gasteiger partial charge on any atom is -0.490 e. The summed E-state index contributed by atoms with van der Waals surface area (Å²) >= 11 is 1.35. The van der Waals surface area contributed by atoms with Crippen LogP contribution in [0.15, 0.2) is 58.7 Å². The SMILES string of the molecule is CCOc1cc(/C=N/N=C(\N)SC)ccc1OCc1ccccc1. The molecule has 0 aliphatic heterocycles. The van der Waals surface area contributed by atoms with E-state index in [4.69, 9.17) is 15.2 Å². The van der Waals surface area contributed by atoms with Crippen molar-refractivity contribution in [1.29, 1.82) is 0 Å². The van der Waals surface area contributed by atoms with Crippen molar-refractivity contribution in [2.75, 3.05) is 12.9 Å². The summed E-state index contributed by atoms with van der Waals surface area (Å²) in [7, 11) is 0. The number of hydrogen-bond donors (Lipinski definition) is 1. The molecule has 0 saturated heterocycles.